The lowest BCUT2D eigenvalue weighted by Gasteiger charge is -2.19. The summed E-state index contributed by atoms with van der Waals surface area (Å²) in [5.41, 5.74) is 1.21. The van der Waals surface area contributed by atoms with Gasteiger partial charge in [0.1, 0.15) is 5.75 Å². The summed E-state index contributed by atoms with van der Waals surface area (Å²) in [5.74, 6) is 0.916. The molecule has 0 fully saturated rings. The van der Waals surface area contributed by atoms with Crippen molar-refractivity contribution >= 4 is 5.69 Å². The quantitative estimate of drug-likeness (QED) is 0.715. The van der Waals surface area contributed by atoms with Crippen molar-refractivity contribution in [2.24, 2.45) is 0 Å². The number of nitrogens with one attached hydrogen (secondary N) is 1. The molecule has 0 aromatic heterocycles. The van der Waals surface area contributed by atoms with E-state index in [1.165, 1.54) is 18.5 Å². The smallest absolute Gasteiger partial charge is 0.120 e. The van der Waals surface area contributed by atoms with E-state index in [0.29, 0.717) is 0 Å². The minimum Gasteiger partial charge on any atom is -0.497 e. The van der Waals surface area contributed by atoms with Crippen LogP contribution in [0.15, 0.2) is 24.3 Å². The predicted octanol–water partition coefficient (Wildman–Crippen LogP) is 2.13. The van der Waals surface area contributed by atoms with Crippen LogP contribution in [0.5, 0.6) is 5.75 Å². The van der Waals surface area contributed by atoms with E-state index in [1.54, 1.807) is 7.11 Å². The normalized spacial score (nSPS) is 10.2. The molecule has 0 spiro atoms. The van der Waals surface area contributed by atoms with E-state index in [9.17, 15) is 0 Å². The lowest BCUT2D eigenvalue weighted by molar-refractivity contribution is 0.415. The van der Waals surface area contributed by atoms with Crippen molar-refractivity contribution in [3.63, 3.8) is 0 Å². The maximum atomic E-state index is 5.21. The van der Waals surface area contributed by atoms with E-state index in [-0.39, 0.29) is 0 Å². The molecule has 16 heavy (non-hydrogen) atoms. The van der Waals surface area contributed by atoms with Crippen LogP contribution in [0.3, 0.4) is 0 Å². The first-order valence-electron chi connectivity index (χ1n) is 5.77. The second-order valence-corrected chi connectivity index (χ2v) is 3.93. The van der Waals surface area contributed by atoms with Gasteiger partial charge in [0.25, 0.3) is 0 Å². The number of unbranched alkanes of at least 4 members (excludes halogenated alkanes) is 1. The molecule has 0 aliphatic carbocycles. The number of benzene rings is 1. The van der Waals surface area contributed by atoms with Crippen LogP contribution >= 0.6 is 0 Å². The number of hydrogen-bond acceptors (Lipinski definition) is 3. The van der Waals surface area contributed by atoms with Crippen LogP contribution in [-0.4, -0.2) is 34.3 Å². The second-order valence-electron chi connectivity index (χ2n) is 3.93. The third-order valence-corrected chi connectivity index (χ3v) is 2.66. The highest BCUT2D eigenvalue weighted by atomic mass is 16.5. The fourth-order valence-corrected chi connectivity index (χ4v) is 1.63. The van der Waals surface area contributed by atoms with E-state index < -0.39 is 0 Å². The van der Waals surface area contributed by atoms with E-state index in [2.05, 4.69) is 29.4 Å². The Balaban J connectivity index is 2.42. The van der Waals surface area contributed by atoms with Gasteiger partial charge in [-0.05, 0) is 38.6 Å². The molecular formula is C13H22N2O. The number of ether oxygens (including phenoxy) is 1. The molecule has 3 heteroatoms. The topological polar surface area (TPSA) is 24.5 Å². The Morgan fingerprint density at radius 2 is 2.12 bits per heavy atom. The minimum atomic E-state index is 0.916. The average molecular weight is 222 g/mol. The number of rotatable bonds is 7. The van der Waals surface area contributed by atoms with E-state index in [4.69, 9.17) is 4.74 Å². The molecule has 0 atom stereocenters. The zero-order valence-electron chi connectivity index (χ0n) is 10.5. The zero-order chi connectivity index (χ0) is 11.8. The molecule has 1 aromatic rings. The van der Waals surface area contributed by atoms with Crippen molar-refractivity contribution in [3.05, 3.63) is 24.3 Å². The Bertz CT molecular complexity index is 302. The maximum absolute atomic E-state index is 5.21. The molecule has 1 aromatic carbocycles. The first-order chi connectivity index (χ1) is 7.77. The molecule has 0 saturated carbocycles. The molecule has 1 rings (SSSR count). The van der Waals surface area contributed by atoms with Gasteiger partial charge in [-0.3, -0.25) is 0 Å². The van der Waals surface area contributed by atoms with Gasteiger partial charge < -0.3 is 15.0 Å². The third kappa shape index (κ3) is 4.11. The van der Waals surface area contributed by atoms with E-state index in [1.807, 2.05) is 19.2 Å². The van der Waals surface area contributed by atoms with Crippen LogP contribution < -0.4 is 15.0 Å². The van der Waals surface area contributed by atoms with Crippen molar-refractivity contribution in [3.8, 4) is 5.75 Å². The van der Waals surface area contributed by atoms with Crippen molar-refractivity contribution in [2.45, 2.75) is 12.8 Å². The van der Waals surface area contributed by atoms with Crippen molar-refractivity contribution in [2.75, 3.05) is 39.2 Å². The zero-order valence-corrected chi connectivity index (χ0v) is 10.5. The average Bonchev–Trinajstić information content (AvgIpc) is 2.34. The Morgan fingerprint density at radius 3 is 2.81 bits per heavy atom. The van der Waals surface area contributed by atoms with Crippen LogP contribution in [0.1, 0.15) is 12.8 Å². The van der Waals surface area contributed by atoms with Gasteiger partial charge in [0.15, 0.2) is 0 Å². The van der Waals surface area contributed by atoms with Gasteiger partial charge in [-0.2, -0.15) is 0 Å². The largest absolute Gasteiger partial charge is 0.497 e. The SMILES string of the molecule is CNCCCCN(C)c1cccc(OC)c1. The van der Waals surface area contributed by atoms with Gasteiger partial charge in [0.05, 0.1) is 7.11 Å². The minimum absolute atomic E-state index is 0.916. The van der Waals surface area contributed by atoms with Gasteiger partial charge >= 0.3 is 0 Å². The molecule has 1 N–H and O–H groups in total. The lowest BCUT2D eigenvalue weighted by atomic mass is 10.2. The summed E-state index contributed by atoms with van der Waals surface area (Å²) in [4.78, 5) is 2.26. The van der Waals surface area contributed by atoms with E-state index in [0.717, 1.165) is 18.8 Å². The van der Waals surface area contributed by atoms with Crippen LogP contribution in [0.2, 0.25) is 0 Å². The monoisotopic (exact) mass is 222 g/mol. The molecule has 0 radical (unpaired) electrons. The van der Waals surface area contributed by atoms with Crippen molar-refractivity contribution < 1.29 is 4.74 Å². The first kappa shape index (κ1) is 12.8. The Labute approximate surface area is 98.4 Å². The Kier molecular flexibility index (Phi) is 5.72. The van der Waals surface area contributed by atoms with Crippen molar-refractivity contribution in [1.82, 2.24) is 5.32 Å². The highest BCUT2D eigenvalue weighted by Crippen LogP contribution is 2.19. The van der Waals surface area contributed by atoms with Crippen LogP contribution in [0.4, 0.5) is 5.69 Å². The van der Waals surface area contributed by atoms with Gasteiger partial charge in [0.2, 0.25) is 0 Å². The van der Waals surface area contributed by atoms with Crippen molar-refractivity contribution in [1.29, 1.82) is 0 Å². The molecule has 0 aliphatic heterocycles. The van der Waals surface area contributed by atoms with Gasteiger partial charge in [-0.1, -0.05) is 6.07 Å². The lowest BCUT2D eigenvalue weighted by Crippen LogP contribution is -2.19. The molecule has 0 amide bonds. The van der Waals surface area contributed by atoms with Gasteiger partial charge in [0, 0.05) is 25.3 Å². The molecule has 3 nitrogen and oxygen atoms in total. The van der Waals surface area contributed by atoms with Gasteiger partial charge in [-0.15, -0.1) is 0 Å². The number of anilines is 1. The van der Waals surface area contributed by atoms with E-state index >= 15 is 0 Å². The summed E-state index contributed by atoms with van der Waals surface area (Å²) in [5, 5.41) is 3.16. The predicted molar refractivity (Wildman–Crippen MR) is 69.4 cm³/mol. The first-order valence-corrected chi connectivity index (χ1v) is 5.77. The molecule has 90 valence electrons. The van der Waals surface area contributed by atoms with Crippen LogP contribution in [-0.2, 0) is 0 Å². The fraction of sp³-hybridized carbons (Fsp3) is 0.538. The summed E-state index contributed by atoms with van der Waals surface area (Å²) in [6.07, 6.45) is 2.42. The summed E-state index contributed by atoms with van der Waals surface area (Å²) >= 11 is 0. The highest BCUT2D eigenvalue weighted by molar-refractivity contribution is 5.49. The second kappa shape index (κ2) is 7.12. The molecule has 0 unspecified atom stereocenters. The van der Waals surface area contributed by atoms with Crippen LogP contribution in [0, 0.1) is 0 Å². The molecule has 0 bridgehead atoms. The highest BCUT2D eigenvalue weighted by Gasteiger charge is 2.01. The maximum Gasteiger partial charge on any atom is 0.120 e. The third-order valence-electron chi connectivity index (χ3n) is 2.66. The number of hydrogen-bond donors (Lipinski definition) is 1. The Morgan fingerprint density at radius 1 is 1.31 bits per heavy atom. The summed E-state index contributed by atoms with van der Waals surface area (Å²) < 4.78 is 5.21. The molecule has 0 heterocycles. The standard InChI is InChI=1S/C13H22N2O/c1-14-9-4-5-10-15(2)12-7-6-8-13(11-12)16-3/h6-8,11,14H,4-5,9-10H2,1-3H3. The number of nitrogens with zero attached hydrogens (tertiary/aromatic N) is 1. The fourth-order valence-electron chi connectivity index (χ4n) is 1.63. The summed E-state index contributed by atoms with van der Waals surface area (Å²) in [6.45, 7) is 2.17. The summed E-state index contributed by atoms with van der Waals surface area (Å²) in [6, 6.07) is 8.18. The van der Waals surface area contributed by atoms with Gasteiger partial charge in [-0.25, -0.2) is 0 Å². The molecule has 0 aliphatic rings. The Hall–Kier alpha value is -1.22. The van der Waals surface area contributed by atoms with Crippen LogP contribution in [0.25, 0.3) is 0 Å². The molecule has 0 saturated heterocycles. The molecular weight excluding hydrogens is 200 g/mol. The summed E-state index contributed by atoms with van der Waals surface area (Å²) in [7, 11) is 5.81. The number of methoxy groups -OCH3 is 1.